The minimum absolute atomic E-state index is 0.0567. The monoisotopic (exact) mass is 574 g/mol. The van der Waals surface area contributed by atoms with Crippen molar-refractivity contribution in [1.82, 2.24) is 10.2 Å². The Kier molecular flexibility index (Phi) is 11.3. The van der Waals surface area contributed by atoms with Crippen LogP contribution in [0.2, 0.25) is 0 Å². The van der Waals surface area contributed by atoms with Crippen molar-refractivity contribution in [3.8, 4) is 0 Å². The van der Waals surface area contributed by atoms with E-state index in [2.05, 4.69) is 5.32 Å². The van der Waals surface area contributed by atoms with Gasteiger partial charge in [-0.3, -0.25) is 0 Å². The summed E-state index contributed by atoms with van der Waals surface area (Å²) in [5, 5.41) is 15.6. The number of nitrogens with zero attached hydrogens (tertiary/aromatic N) is 1. The number of esters is 2. The van der Waals surface area contributed by atoms with Crippen LogP contribution in [0, 0.1) is 5.92 Å². The normalized spacial score (nSPS) is 15.1. The predicted octanol–water partition coefficient (Wildman–Crippen LogP) is 5.40. The maximum atomic E-state index is 13.6. The number of benzene rings is 3. The van der Waals surface area contributed by atoms with Gasteiger partial charge >= 0.3 is 18.0 Å². The van der Waals surface area contributed by atoms with Crippen LogP contribution in [0.3, 0.4) is 0 Å². The highest BCUT2D eigenvalue weighted by Gasteiger charge is 2.30. The number of ether oxygens (including phenoxy) is 2. The molecule has 2 atom stereocenters. The number of carbonyl (C=O) groups excluding carboxylic acids is 3. The average molecular weight is 575 g/mol. The number of hydrogen-bond donors (Lipinski definition) is 2. The summed E-state index contributed by atoms with van der Waals surface area (Å²) in [6.07, 6.45) is 3.22. The number of hydrogen-bond acceptors (Lipinski definition) is 6. The molecule has 42 heavy (non-hydrogen) atoms. The van der Waals surface area contributed by atoms with Gasteiger partial charge in [0.25, 0.3) is 0 Å². The minimum Gasteiger partial charge on any atom is -0.460 e. The largest absolute Gasteiger partial charge is 0.460 e. The lowest BCUT2D eigenvalue weighted by molar-refractivity contribution is -0.161. The lowest BCUT2D eigenvalue weighted by Gasteiger charge is -2.29. The minimum atomic E-state index is -1.49. The van der Waals surface area contributed by atoms with Crippen molar-refractivity contribution >= 4 is 28.7 Å². The number of rotatable bonds is 12. The molecule has 8 heteroatoms. The SMILES string of the molecule is CC(C)CN(C[C@H](O)C(=O)OC1CCCCC1)C(=O)N[C@@H](Cc1ccc2ccccc2c1)C(=O)OCc1ccccc1. The van der Waals surface area contributed by atoms with Crippen LogP contribution < -0.4 is 5.32 Å². The molecule has 0 unspecified atom stereocenters. The van der Waals surface area contributed by atoms with E-state index in [1.807, 2.05) is 86.6 Å². The second kappa shape index (κ2) is 15.4. The Bertz CT molecular complexity index is 1320. The molecule has 0 aliphatic heterocycles. The van der Waals surface area contributed by atoms with Crippen LogP contribution in [0.5, 0.6) is 0 Å². The van der Waals surface area contributed by atoms with Crippen LogP contribution in [-0.4, -0.2) is 59.3 Å². The summed E-state index contributed by atoms with van der Waals surface area (Å²) < 4.78 is 11.1. The standard InChI is InChI=1S/C34H42N2O6/c1-24(2)21-36(22-31(37)33(39)42-29-15-7-4-8-16-29)34(40)35-30(32(38)41-23-25-11-5-3-6-12-25)20-26-17-18-27-13-9-10-14-28(27)19-26/h3,5-6,9-14,17-19,24,29-31,37H,4,7-8,15-16,20-23H2,1-2H3,(H,35,40)/t30-,31-/m0/s1. The summed E-state index contributed by atoms with van der Waals surface area (Å²) in [7, 11) is 0. The lowest BCUT2D eigenvalue weighted by atomic mass is 9.98. The molecule has 4 rings (SSSR count). The second-order valence-electron chi connectivity index (χ2n) is 11.5. The van der Waals surface area contributed by atoms with Crippen LogP contribution in [0.25, 0.3) is 10.8 Å². The summed E-state index contributed by atoms with van der Waals surface area (Å²) >= 11 is 0. The fourth-order valence-electron chi connectivity index (χ4n) is 5.25. The first-order chi connectivity index (χ1) is 20.3. The van der Waals surface area contributed by atoms with Gasteiger partial charge in [-0.05, 0) is 53.5 Å². The van der Waals surface area contributed by atoms with E-state index in [1.165, 1.54) is 4.90 Å². The van der Waals surface area contributed by atoms with Crippen molar-refractivity contribution in [3.05, 3.63) is 83.9 Å². The molecule has 1 fully saturated rings. The van der Waals surface area contributed by atoms with Crippen LogP contribution in [0.1, 0.15) is 57.1 Å². The molecule has 1 saturated carbocycles. The van der Waals surface area contributed by atoms with Gasteiger partial charge in [-0.1, -0.05) is 93.1 Å². The van der Waals surface area contributed by atoms with E-state index in [-0.39, 0.29) is 38.1 Å². The van der Waals surface area contributed by atoms with Gasteiger partial charge in [0.1, 0.15) is 18.8 Å². The van der Waals surface area contributed by atoms with Gasteiger partial charge < -0.3 is 24.8 Å². The molecule has 1 aliphatic carbocycles. The number of aliphatic hydroxyl groups excluding tert-OH is 1. The summed E-state index contributed by atoms with van der Waals surface area (Å²) in [6.45, 7) is 3.99. The Balaban J connectivity index is 1.47. The summed E-state index contributed by atoms with van der Waals surface area (Å²) in [5.74, 6) is -1.23. The highest BCUT2D eigenvalue weighted by atomic mass is 16.6. The number of aliphatic hydroxyl groups is 1. The first-order valence-electron chi connectivity index (χ1n) is 14.9. The van der Waals surface area contributed by atoms with Crippen molar-refractivity contribution in [2.24, 2.45) is 5.92 Å². The quantitative estimate of drug-likeness (QED) is 0.281. The Labute approximate surface area is 248 Å². The fourth-order valence-corrected chi connectivity index (χ4v) is 5.25. The number of urea groups is 1. The smallest absolute Gasteiger partial charge is 0.337 e. The van der Waals surface area contributed by atoms with E-state index in [0.717, 1.165) is 54.0 Å². The van der Waals surface area contributed by atoms with E-state index in [1.54, 1.807) is 0 Å². The molecule has 0 saturated heterocycles. The molecule has 8 nitrogen and oxygen atoms in total. The van der Waals surface area contributed by atoms with E-state index in [4.69, 9.17) is 9.47 Å². The molecule has 224 valence electrons. The number of amides is 2. The third-order valence-electron chi connectivity index (χ3n) is 7.43. The van der Waals surface area contributed by atoms with Crippen molar-refractivity contribution in [3.63, 3.8) is 0 Å². The Morgan fingerprint density at radius 2 is 1.55 bits per heavy atom. The van der Waals surface area contributed by atoms with Gasteiger partial charge in [0, 0.05) is 13.0 Å². The predicted molar refractivity (Wildman–Crippen MR) is 162 cm³/mol. The van der Waals surface area contributed by atoms with Gasteiger partial charge in [0.15, 0.2) is 6.10 Å². The molecule has 0 heterocycles. The van der Waals surface area contributed by atoms with Gasteiger partial charge in [-0.2, -0.15) is 0 Å². The average Bonchev–Trinajstić information content (AvgIpc) is 2.99. The highest BCUT2D eigenvalue weighted by molar-refractivity contribution is 5.86. The zero-order valence-electron chi connectivity index (χ0n) is 24.5. The van der Waals surface area contributed by atoms with Crippen LogP contribution in [-0.2, 0) is 32.1 Å². The molecular weight excluding hydrogens is 532 g/mol. The summed E-state index contributed by atoms with van der Waals surface area (Å²) in [6, 6.07) is 21.6. The number of carbonyl (C=O) groups is 3. The molecule has 0 radical (unpaired) electrons. The Hall–Kier alpha value is -3.91. The summed E-state index contributed by atoms with van der Waals surface area (Å²) in [5.41, 5.74) is 1.70. The number of fused-ring (bicyclic) bond motifs is 1. The maximum Gasteiger partial charge on any atom is 0.337 e. The first-order valence-corrected chi connectivity index (χ1v) is 14.9. The molecule has 2 N–H and O–H groups in total. The third-order valence-corrected chi connectivity index (χ3v) is 7.43. The lowest BCUT2D eigenvalue weighted by Crippen LogP contribution is -2.52. The van der Waals surface area contributed by atoms with Crippen LogP contribution >= 0.6 is 0 Å². The summed E-state index contributed by atoms with van der Waals surface area (Å²) in [4.78, 5) is 40.9. The van der Waals surface area contributed by atoms with E-state index in [9.17, 15) is 19.5 Å². The van der Waals surface area contributed by atoms with E-state index >= 15 is 0 Å². The Morgan fingerprint density at radius 1 is 0.857 bits per heavy atom. The topological polar surface area (TPSA) is 105 Å². The molecule has 0 spiro atoms. The van der Waals surface area contributed by atoms with Gasteiger partial charge in [-0.15, -0.1) is 0 Å². The third kappa shape index (κ3) is 9.31. The molecule has 3 aromatic carbocycles. The van der Waals surface area contributed by atoms with Crippen molar-refractivity contribution in [1.29, 1.82) is 0 Å². The molecular formula is C34H42N2O6. The van der Waals surface area contributed by atoms with Gasteiger partial charge in [0.05, 0.1) is 6.54 Å². The second-order valence-corrected chi connectivity index (χ2v) is 11.5. The number of nitrogens with one attached hydrogen (secondary N) is 1. The first kappa shape index (κ1) is 31.0. The van der Waals surface area contributed by atoms with Crippen LogP contribution in [0.4, 0.5) is 4.79 Å². The highest BCUT2D eigenvalue weighted by Crippen LogP contribution is 2.21. The Morgan fingerprint density at radius 3 is 2.26 bits per heavy atom. The van der Waals surface area contributed by atoms with Crippen molar-refractivity contribution in [2.75, 3.05) is 13.1 Å². The molecule has 3 aromatic rings. The fraction of sp³-hybridized carbons (Fsp3) is 0.441. The van der Waals surface area contributed by atoms with E-state index in [0.29, 0.717) is 0 Å². The maximum absolute atomic E-state index is 13.6. The zero-order valence-corrected chi connectivity index (χ0v) is 24.5. The van der Waals surface area contributed by atoms with Gasteiger partial charge in [0.2, 0.25) is 0 Å². The van der Waals surface area contributed by atoms with Gasteiger partial charge in [-0.25, -0.2) is 14.4 Å². The van der Waals surface area contributed by atoms with Crippen LogP contribution in [0.15, 0.2) is 72.8 Å². The molecule has 0 aromatic heterocycles. The van der Waals surface area contributed by atoms with E-state index < -0.39 is 30.1 Å². The van der Waals surface area contributed by atoms with Crippen molar-refractivity contribution < 1.29 is 29.0 Å². The molecule has 0 bridgehead atoms. The molecule has 2 amide bonds. The van der Waals surface area contributed by atoms with Crippen molar-refractivity contribution in [2.45, 2.75) is 77.2 Å². The zero-order chi connectivity index (χ0) is 29.9. The molecule has 1 aliphatic rings.